The van der Waals surface area contributed by atoms with Crippen LogP contribution in [0.2, 0.25) is 0 Å². The van der Waals surface area contributed by atoms with Crippen molar-refractivity contribution >= 4 is 0 Å². The Labute approximate surface area is 122 Å². The first-order chi connectivity index (χ1) is 9.74. The molecule has 1 heterocycles. The SMILES string of the molecule is NC1(C2(C3CCCCN3Cc3ccccc3)CC2)CC1. The van der Waals surface area contributed by atoms with Crippen molar-refractivity contribution in [2.45, 2.75) is 63.1 Å². The summed E-state index contributed by atoms with van der Waals surface area (Å²) in [4.78, 5) is 2.75. The van der Waals surface area contributed by atoms with Crippen LogP contribution in [0.5, 0.6) is 0 Å². The molecule has 2 nitrogen and oxygen atoms in total. The maximum Gasteiger partial charge on any atom is 0.0236 e. The van der Waals surface area contributed by atoms with E-state index >= 15 is 0 Å². The van der Waals surface area contributed by atoms with E-state index in [0.717, 1.165) is 12.6 Å². The molecule has 1 aromatic rings. The highest BCUT2D eigenvalue weighted by atomic mass is 15.2. The van der Waals surface area contributed by atoms with Gasteiger partial charge in [0.1, 0.15) is 0 Å². The van der Waals surface area contributed by atoms with Crippen molar-refractivity contribution in [2.24, 2.45) is 11.1 Å². The van der Waals surface area contributed by atoms with Crippen LogP contribution in [-0.2, 0) is 6.54 Å². The van der Waals surface area contributed by atoms with Gasteiger partial charge in [-0.2, -0.15) is 0 Å². The lowest BCUT2D eigenvalue weighted by Crippen LogP contribution is -2.52. The second-order valence-electron chi connectivity index (χ2n) is 7.28. The summed E-state index contributed by atoms with van der Waals surface area (Å²) in [6.45, 7) is 2.38. The number of hydrogen-bond acceptors (Lipinski definition) is 2. The fourth-order valence-corrected chi connectivity index (χ4v) is 4.55. The Hall–Kier alpha value is -0.860. The first kappa shape index (κ1) is 12.8. The monoisotopic (exact) mass is 270 g/mol. The van der Waals surface area contributed by atoms with Crippen LogP contribution < -0.4 is 5.73 Å². The first-order valence-corrected chi connectivity index (χ1v) is 8.30. The van der Waals surface area contributed by atoms with Gasteiger partial charge < -0.3 is 5.73 Å². The molecule has 2 aliphatic carbocycles. The third kappa shape index (κ3) is 2.01. The van der Waals surface area contributed by atoms with Crippen molar-refractivity contribution in [3.63, 3.8) is 0 Å². The van der Waals surface area contributed by atoms with Gasteiger partial charge in [0.2, 0.25) is 0 Å². The quantitative estimate of drug-likeness (QED) is 0.909. The zero-order chi connectivity index (χ0) is 13.6. The maximum atomic E-state index is 6.65. The summed E-state index contributed by atoms with van der Waals surface area (Å²) in [5.41, 5.74) is 8.78. The second-order valence-corrected chi connectivity index (χ2v) is 7.28. The lowest BCUT2D eigenvalue weighted by molar-refractivity contribution is 0.0625. The molecule has 0 radical (unpaired) electrons. The van der Waals surface area contributed by atoms with Crippen molar-refractivity contribution in [1.82, 2.24) is 4.90 Å². The fraction of sp³-hybridized carbons (Fsp3) is 0.667. The van der Waals surface area contributed by atoms with E-state index in [1.807, 2.05) is 0 Å². The van der Waals surface area contributed by atoms with Crippen LogP contribution in [0.15, 0.2) is 30.3 Å². The molecule has 0 amide bonds. The molecular formula is C18H26N2. The molecule has 1 saturated heterocycles. The van der Waals surface area contributed by atoms with E-state index in [1.54, 1.807) is 0 Å². The van der Waals surface area contributed by atoms with Crippen LogP contribution in [0, 0.1) is 5.41 Å². The number of hydrogen-bond donors (Lipinski definition) is 1. The number of piperidine rings is 1. The highest BCUT2D eigenvalue weighted by Gasteiger charge is 2.67. The molecule has 0 spiro atoms. The van der Waals surface area contributed by atoms with E-state index in [4.69, 9.17) is 5.73 Å². The molecular weight excluding hydrogens is 244 g/mol. The average Bonchev–Trinajstić information content (AvgIpc) is 3.37. The summed E-state index contributed by atoms with van der Waals surface area (Å²) in [6.07, 6.45) is 9.40. The van der Waals surface area contributed by atoms with Gasteiger partial charge in [-0.05, 0) is 50.6 Å². The summed E-state index contributed by atoms with van der Waals surface area (Å²) in [5, 5.41) is 0. The van der Waals surface area contributed by atoms with Crippen LogP contribution in [-0.4, -0.2) is 23.0 Å². The van der Waals surface area contributed by atoms with E-state index in [0.29, 0.717) is 5.41 Å². The zero-order valence-corrected chi connectivity index (χ0v) is 12.4. The largest absolute Gasteiger partial charge is 0.325 e. The molecule has 0 aromatic heterocycles. The van der Waals surface area contributed by atoms with Crippen LogP contribution in [0.3, 0.4) is 0 Å². The Morgan fingerprint density at radius 1 is 1.05 bits per heavy atom. The van der Waals surface area contributed by atoms with E-state index in [2.05, 4.69) is 35.2 Å². The molecule has 108 valence electrons. The van der Waals surface area contributed by atoms with Gasteiger partial charge in [0.15, 0.2) is 0 Å². The van der Waals surface area contributed by atoms with Gasteiger partial charge in [-0.25, -0.2) is 0 Å². The average molecular weight is 270 g/mol. The summed E-state index contributed by atoms with van der Waals surface area (Å²) in [5.74, 6) is 0. The summed E-state index contributed by atoms with van der Waals surface area (Å²) in [7, 11) is 0. The normalized spacial score (nSPS) is 30.9. The van der Waals surface area contributed by atoms with Gasteiger partial charge in [-0.1, -0.05) is 36.8 Å². The van der Waals surface area contributed by atoms with Gasteiger partial charge >= 0.3 is 0 Å². The van der Waals surface area contributed by atoms with Gasteiger partial charge in [0, 0.05) is 23.5 Å². The zero-order valence-electron chi connectivity index (χ0n) is 12.4. The van der Waals surface area contributed by atoms with Crippen LogP contribution in [0.25, 0.3) is 0 Å². The van der Waals surface area contributed by atoms with Crippen molar-refractivity contribution < 1.29 is 0 Å². The second kappa shape index (κ2) is 4.57. The molecule has 4 rings (SSSR count). The number of benzene rings is 1. The standard InChI is InChI=1S/C18H26N2/c19-18(11-12-18)17(9-10-17)16-8-4-5-13-20(16)14-15-6-2-1-3-7-15/h1-3,6-7,16H,4-5,8-14,19H2. The Balaban J connectivity index is 1.55. The third-order valence-corrected chi connectivity index (χ3v) is 6.05. The summed E-state index contributed by atoms with van der Waals surface area (Å²) in [6, 6.07) is 11.7. The minimum Gasteiger partial charge on any atom is -0.325 e. The van der Waals surface area contributed by atoms with Crippen molar-refractivity contribution in [3.05, 3.63) is 35.9 Å². The lowest BCUT2D eigenvalue weighted by Gasteiger charge is -2.43. The maximum absolute atomic E-state index is 6.65. The Bertz CT molecular complexity index is 473. The molecule has 2 saturated carbocycles. The molecule has 0 bridgehead atoms. The molecule has 20 heavy (non-hydrogen) atoms. The van der Waals surface area contributed by atoms with Crippen molar-refractivity contribution in [3.8, 4) is 0 Å². The van der Waals surface area contributed by atoms with E-state index < -0.39 is 0 Å². The molecule has 1 unspecified atom stereocenters. The molecule has 3 aliphatic rings. The van der Waals surface area contributed by atoms with Crippen LogP contribution in [0.1, 0.15) is 50.5 Å². The molecule has 2 N–H and O–H groups in total. The highest BCUT2D eigenvalue weighted by Crippen LogP contribution is 2.66. The predicted octanol–water partition coefficient (Wildman–Crippen LogP) is 3.31. The molecule has 1 aromatic carbocycles. The van der Waals surface area contributed by atoms with Gasteiger partial charge in [-0.3, -0.25) is 4.90 Å². The lowest BCUT2D eigenvalue weighted by atomic mass is 9.80. The number of likely N-dealkylation sites (tertiary alicyclic amines) is 1. The summed E-state index contributed by atoms with van der Waals surface area (Å²) < 4.78 is 0. The third-order valence-electron chi connectivity index (χ3n) is 6.05. The van der Waals surface area contributed by atoms with Crippen LogP contribution >= 0.6 is 0 Å². The highest BCUT2D eigenvalue weighted by molar-refractivity contribution is 5.24. The number of rotatable bonds is 4. The first-order valence-electron chi connectivity index (χ1n) is 8.30. The topological polar surface area (TPSA) is 29.3 Å². The Morgan fingerprint density at radius 3 is 2.45 bits per heavy atom. The van der Waals surface area contributed by atoms with Crippen molar-refractivity contribution in [1.29, 1.82) is 0 Å². The predicted molar refractivity (Wildman–Crippen MR) is 82.3 cm³/mol. The molecule has 1 atom stereocenters. The smallest absolute Gasteiger partial charge is 0.0236 e. The van der Waals surface area contributed by atoms with Gasteiger partial charge in [0.05, 0.1) is 0 Å². The van der Waals surface area contributed by atoms with E-state index in [9.17, 15) is 0 Å². The van der Waals surface area contributed by atoms with Gasteiger partial charge in [0.25, 0.3) is 0 Å². The molecule has 1 aliphatic heterocycles. The molecule has 2 heteroatoms. The minimum absolute atomic E-state index is 0.198. The summed E-state index contributed by atoms with van der Waals surface area (Å²) >= 11 is 0. The van der Waals surface area contributed by atoms with Crippen molar-refractivity contribution in [2.75, 3.05) is 6.54 Å². The fourth-order valence-electron chi connectivity index (χ4n) is 4.55. The number of nitrogens with zero attached hydrogens (tertiary/aromatic N) is 1. The Morgan fingerprint density at radius 2 is 1.80 bits per heavy atom. The van der Waals surface area contributed by atoms with Gasteiger partial charge in [-0.15, -0.1) is 0 Å². The minimum atomic E-state index is 0.198. The van der Waals surface area contributed by atoms with Crippen LogP contribution in [0.4, 0.5) is 0 Å². The molecule has 3 fully saturated rings. The van der Waals surface area contributed by atoms with E-state index in [-0.39, 0.29) is 5.54 Å². The van der Waals surface area contributed by atoms with E-state index in [1.165, 1.54) is 57.1 Å². The number of nitrogens with two attached hydrogens (primary N) is 1. The Kier molecular flexibility index (Phi) is 2.94.